The van der Waals surface area contributed by atoms with Gasteiger partial charge in [0.25, 0.3) is 5.89 Å². The van der Waals surface area contributed by atoms with E-state index in [0.717, 1.165) is 11.1 Å². The van der Waals surface area contributed by atoms with Crippen molar-refractivity contribution in [2.24, 2.45) is 0 Å². The molecule has 0 amide bonds. The summed E-state index contributed by atoms with van der Waals surface area (Å²) in [6.45, 7) is 3.83. The van der Waals surface area contributed by atoms with Gasteiger partial charge < -0.3 is 9.26 Å². The van der Waals surface area contributed by atoms with E-state index in [-0.39, 0.29) is 0 Å². The zero-order chi connectivity index (χ0) is 16.4. The molecule has 0 aliphatic rings. The SMILES string of the molecule is Cc1cccc(-c2noc([C@@H](C)Oc3ccc(Cl)cc3Cl)n2)c1. The third kappa shape index (κ3) is 3.66. The quantitative estimate of drug-likeness (QED) is 0.625. The van der Waals surface area contributed by atoms with Gasteiger partial charge >= 0.3 is 0 Å². The average molecular weight is 349 g/mol. The van der Waals surface area contributed by atoms with Crippen LogP contribution in [0.15, 0.2) is 47.0 Å². The molecule has 1 atom stereocenters. The molecular weight excluding hydrogens is 335 g/mol. The topological polar surface area (TPSA) is 48.2 Å². The molecule has 0 unspecified atom stereocenters. The summed E-state index contributed by atoms with van der Waals surface area (Å²) in [7, 11) is 0. The van der Waals surface area contributed by atoms with Crippen LogP contribution < -0.4 is 4.74 Å². The molecule has 4 nitrogen and oxygen atoms in total. The number of halogens is 2. The molecule has 0 N–H and O–H groups in total. The molecule has 23 heavy (non-hydrogen) atoms. The maximum absolute atomic E-state index is 6.10. The number of nitrogens with zero attached hydrogens (tertiary/aromatic N) is 2. The lowest BCUT2D eigenvalue weighted by molar-refractivity contribution is 0.176. The molecule has 6 heteroatoms. The van der Waals surface area contributed by atoms with Gasteiger partial charge in [0.15, 0.2) is 6.10 Å². The number of aryl methyl sites for hydroxylation is 1. The third-order valence-corrected chi connectivity index (χ3v) is 3.79. The molecule has 0 saturated heterocycles. The minimum Gasteiger partial charge on any atom is -0.479 e. The molecule has 0 spiro atoms. The highest BCUT2D eigenvalue weighted by Gasteiger charge is 2.18. The molecule has 2 aromatic carbocycles. The zero-order valence-corrected chi connectivity index (χ0v) is 14.1. The summed E-state index contributed by atoms with van der Waals surface area (Å²) < 4.78 is 11.1. The van der Waals surface area contributed by atoms with Crippen LogP contribution >= 0.6 is 23.2 Å². The van der Waals surface area contributed by atoms with E-state index in [1.165, 1.54) is 0 Å². The smallest absolute Gasteiger partial charge is 0.267 e. The maximum Gasteiger partial charge on any atom is 0.267 e. The summed E-state index contributed by atoms with van der Waals surface area (Å²) in [5.41, 5.74) is 2.03. The van der Waals surface area contributed by atoms with Crippen molar-refractivity contribution >= 4 is 23.2 Å². The molecule has 1 aromatic heterocycles. The Morgan fingerprint density at radius 3 is 2.70 bits per heavy atom. The van der Waals surface area contributed by atoms with Crippen LogP contribution in [0, 0.1) is 6.92 Å². The van der Waals surface area contributed by atoms with E-state index in [9.17, 15) is 0 Å². The van der Waals surface area contributed by atoms with E-state index >= 15 is 0 Å². The van der Waals surface area contributed by atoms with Crippen LogP contribution in [0.3, 0.4) is 0 Å². The molecule has 0 aliphatic heterocycles. The molecule has 0 radical (unpaired) electrons. The van der Waals surface area contributed by atoms with Crippen LogP contribution in [0.4, 0.5) is 0 Å². The van der Waals surface area contributed by atoms with Crippen molar-refractivity contribution in [1.29, 1.82) is 0 Å². The Labute approximate surface area is 144 Å². The lowest BCUT2D eigenvalue weighted by atomic mass is 10.1. The molecular formula is C17H14Cl2N2O2. The summed E-state index contributed by atoms with van der Waals surface area (Å²) in [5, 5.41) is 4.99. The third-order valence-electron chi connectivity index (χ3n) is 3.26. The standard InChI is InChI=1S/C17H14Cl2N2O2/c1-10-4-3-5-12(8-10)16-20-17(23-21-16)11(2)22-15-7-6-13(18)9-14(15)19/h3-9,11H,1-2H3/t11-/m1/s1. The first-order chi connectivity index (χ1) is 11.0. The van der Waals surface area contributed by atoms with Gasteiger partial charge in [0.05, 0.1) is 5.02 Å². The summed E-state index contributed by atoms with van der Waals surface area (Å²) in [6.07, 6.45) is -0.431. The molecule has 3 aromatic rings. The highest BCUT2D eigenvalue weighted by atomic mass is 35.5. The van der Waals surface area contributed by atoms with E-state index < -0.39 is 6.10 Å². The molecule has 1 heterocycles. The highest BCUT2D eigenvalue weighted by molar-refractivity contribution is 6.35. The van der Waals surface area contributed by atoms with Gasteiger partial charge in [-0.3, -0.25) is 0 Å². The second-order valence-corrected chi connectivity index (χ2v) is 6.00. The van der Waals surface area contributed by atoms with Gasteiger partial charge in [-0.1, -0.05) is 52.1 Å². The van der Waals surface area contributed by atoms with E-state index in [1.54, 1.807) is 18.2 Å². The average Bonchev–Trinajstić information content (AvgIpc) is 3.00. The summed E-state index contributed by atoms with van der Waals surface area (Å²) in [6, 6.07) is 12.9. The van der Waals surface area contributed by atoms with Gasteiger partial charge in [0, 0.05) is 10.6 Å². The van der Waals surface area contributed by atoms with Crippen LogP contribution in [0.2, 0.25) is 10.0 Å². The van der Waals surface area contributed by atoms with Gasteiger partial charge in [-0.05, 0) is 38.1 Å². The van der Waals surface area contributed by atoms with Gasteiger partial charge in [-0.2, -0.15) is 4.98 Å². The molecule has 3 rings (SSSR count). The van der Waals surface area contributed by atoms with Gasteiger partial charge in [0.1, 0.15) is 5.75 Å². The van der Waals surface area contributed by atoms with E-state index in [0.29, 0.717) is 27.5 Å². The van der Waals surface area contributed by atoms with Crippen LogP contribution in [-0.4, -0.2) is 10.1 Å². The summed E-state index contributed by atoms with van der Waals surface area (Å²) in [4.78, 5) is 4.39. The first kappa shape index (κ1) is 15.8. The first-order valence-electron chi connectivity index (χ1n) is 7.05. The zero-order valence-electron chi connectivity index (χ0n) is 12.6. The Balaban J connectivity index is 1.79. The number of aromatic nitrogens is 2. The maximum atomic E-state index is 6.10. The second kappa shape index (κ2) is 6.60. The summed E-state index contributed by atoms with van der Waals surface area (Å²) >= 11 is 12.0. The molecule has 0 aliphatic carbocycles. The van der Waals surface area contributed by atoms with Gasteiger partial charge in [0.2, 0.25) is 5.82 Å². The van der Waals surface area contributed by atoms with Crippen LogP contribution in [0.25, 0.3) is 11.4 Å². The Bertz CT molecular complexity index is 833. The molecule has 0 saturated carbocycles. The Morgan fingerprint density at radius 2 is 1.96 bits per heavy atom. The van der Waals surface area contributed by atoms with Crippen molar-refractivity contribution in [3.8, 4) is 17.1 Å². The first-order valence-corrected chi connectivity index (χ1v) is 7.81. The molecule has 0 fully saturated rings. The Morgan fingerprint density at radius 1 is 1.13 bits per heavy atom. The normalized spacial score (nSPS) is 12.2. The number of rotatable bonds is 4. The van der Waals surface area contributed by atoms with Gasteiger partial charge in [-0.25, -0.2) is 0 Å². The monoisotopic (exact) mass is 348 g/mol. The fourth-order valence-electron chi connectivity index (χ4n) is 2.11. The van der Waals surface area contributed by atoms with E-state index in [1.807, 2.05) is 38.1 Å². The Hall–Kier alpha value is -2.04. The van der Waals surface area contributed by atoms with Crippen molar-refractivity contribution in [1.82, 2.24) is 10.1 Å². The second-order valence-electron chi connectivity index (χ2n) is 5.16. The highest BCUT2D eigenvalue weighted by Crippen LogP contribution is 2.31. The van der Waals surface area contributed by atoms with E-state index in [2.05, 4.69) is 10.1 Å². The number of benzene rings is 2. The van der Waals surface area contributed by atoms with Crippen LogP contribution in [0.1, 0.15) is 24.5 Å². The van der Waals surface area contributed by atoms with Crippen molar-refractivity contribution < 1.29 is 9.26 Å². The van der Waals surface area contributed by atoms with Crippen LogP contribution in [-0.2, 0) is 0 Å². The van der Waals surface area contributed by atoms with Crippen molar-refractivity contribution in [3.05, 3.63) is 64.0 Å². The predicted molar refractivity (Wildman–Crippen MR) is 90.0 cm³/mol. The minimum absolute atomic E-state index is 0.382. The summed E-state index contributed by atoms with van der Waals surface area (Å²) in [5.74, 6) is 1.42. The number of ether oxygens (including phenoxy) is 1. The van der Waals surface area contributed by atoms with Gasteiger partial charge in [-0.15, -0.1) is 0 Å². The fourth-order valence-corrected chi connectivity index (χ4v) is 2.57. The Kier molecular flexibility index (Phi) is 4.55. The van der Waals surface area contributed by atoms with Crippen LogP contribution in [0.5, 0.6) is 5.75 Å². The van der Waals surface area contributed by atoms with Crippen molar-refractivity contribution in [2.45, 2.75) is 20.0 Å². The van der Waals surface area contributed by atoms with E-state index in [4.69, 9.17) is 32.5 Å². The minimum atomic E-state index is -0.431. The fraction of sp³-hybridized carbons (Fsp3) is 0.176. The lowest BCUT2D eigenvalue weighted by Crippen LogP contribution is -2.03. The molecule has 0 bridgehead atoms. The molecule has 118 valence electrons. The van der Waals surface area contributed by atoms with Crippen molar-refractivity contribution in [3.63, 3.8) is 0 Å². The number of hydrogen-bond acceptors (Lipinski definition) is 4. The largest absolute Gasteiger partial charge is 0.479 e. The van der Waals surface area contributed by atoms with Crippen molar-refractivity contribution in [2.75, 3.05) is 0 Å². The number of hydrogen-bond donors (Lipinski definition) is 0. The predicted octanol–water partition coefficient (Wildman–Crippen LogP) is 5.49. The lowest BCUT2D eigenvalue weighted by Gasteiger charge is -2.12.